The molecule has 1 aromatic carbocycles. The molecule has 3 heterocycles. The number of H-pyrrole nitrogens is 1. The Balaban J connectivity index is 1.67. The summed E-state index contributed by atoms with van der Waals surface area (Å²) in [5.41, 5.74) is 0.340. The van der Waals surface area contributed by atoms with Crippen LogP contribution in [-0.2, 0) is 0 Å². The maximum Gasteiger partial charge on any atom is 0.261 e. The number of aromatic nitrogens is 1. The van der Waals surface area contributed by atoms with Crippen LogP contribution in [0.3, 0.4) is 0 Å². The lowest BCUT2D eigenvalue weighted by Gasteiger charge is -2.43. The molecule has 4 rings (SSSR count). The number of rotatable bonds is 2. The number of carbonyl (C=O) groups excluding carboxylic acids is 1. The van der Waals surface area contributed by atoms with E-state index in [-0.39, 0.29) is 22.7 Å². The molecule has 2 saturated heterocycles. The van der Waals surface area contributed by atoms with Gasteiger partial charge in [0.05, 0.1) is 5.66 Å². The van der Waals surface area contributed by atoms with Gasteiger partial charge in [-0.15, -0.1) is 0 Å². The molecule has 0 spiro atoms. The topological polar surface area (TPSA) is 65.2 Å². The first kappa shape index (κ1) is 14.5. The zero-order valence-electron chi connectivity index (χ0n) is 13.3. The van der Waals surface area contributed by atoms with E-state index in [0.717, 1.165) is 36.6 Å². The molecule has 2 aromatic rings. The van der Waals surface area contributed by atoms with Crippen LogP contribution in [0.25, 0.3) is 10.9 Å². The van der Waals surface area contributed by atoms with Crippen LogP contribution in [0.1, 0.15) is 42.5 Å². The van der Waals surface area contributed by atoms with Gasteiger partial charge in [0.25, 0.3) is 11.5 Å². The van der Waals surface area contributed by atoms with Crippen LogP contribution in [-0.4, -0.2) is 34.5 Å². The molecule has 23 heavy (non-hydrogen) atoms. The fourth-order valence-electron chi connectivity index (χ4n) is 4.20. The van der Waals surface area contributed by atoms with E-state index >= 15 is 0 Å². The van der Waals surface area contributed by atoms with Crippen LogP contribution in [0.2, 0.25) is 0 Å². The van der Waals surface area contributed by atoms with Crippen molar-refractivity contribution in [1.29, 1.82) is 0 Å². The van der Waals surface area contributed by atoms with Gasteiger partial charge in [-0.1, -0.05) is 18.2 Å². The van der Waals surface area contributed by atoms with Crippen molar-refractivity contribution in [3.63, 3.8) is 0 Å². The number of amides is 1. The fourth-order valence-corrected chi connectivity index (χ4v) is 4.20. The van der Waals surface area contributed by atoms with Gasteiger partial charge < -0.3 is 10.3 Å². The molecule has 1 aromatic heterocycles. The molecule has 2 aliphatic rings. The highest BCUT2D eigenvalue weighted by molar-refractivity contribution is 5.97. The van der Waals surface area contributed by atoms with Crippen LogP contribution in [0.5, 0.6) is 0 Å². The summed E-state index contributed by atoms with van der Waals surface area (Å²) in [4.78, 5) is 30.1. The number of carbonyl (C=O) groups is 1. The molecule has 0 unspecified atom stereocenters. The number of hydrogen-bond acceptors (Lipinski definition) is 3. The van der Waals surface area contributed by atoms with E-state index in [0.29, 0.717) is 6.04 Å². The number of aromatic amines is 1. The van der Waals surface area contributed by atoms with Gasteiger partial charge in [0.15, 0.2) is 0 Å². The van der Waals surface area contributed by atoms with E-state index in [1.165, 1.54) is 6.42 Å². The van der Waals surface area contributed by atoms with Gasteiger partial charge in [0.2, 0.25) is 0 Å². The summed E-state index contributed by atoms with van der Waals surface area (Å²) in [6, 6.07) is 9.75. The highest BCUT2D eigenvalue weighted by atomic mass is 16.2. The first-order valence-corrected chi connectivity index (χ1v) is 8.27. The van der Waals surface area contributed by atoms with Crippen LogP contribution >= 0.6 is 0 Å². The number of hydrogen-bond donors (Lipinski definition) is 2. The molecular formula is C18H21N3O2. The largest absolute Gasteiger partial charge is 0.334 e. The van der Waals surface area contributed by atoms with Crippen molar-refractivity contribution in [2.24, 2.45) is 0 Å². The van der Waals surface area contributed by atoms with Gasteiger partial charge in [0, 0.05) is 11.6 Å². The van der Waals surface area contributed by atoms with Crippen molar-refractivity contribution >= 4 is 16.8 Å². The predicted octanol–water partition coefficient (Wildman–Crippen LogP) is 2.23. The summed E-state index contributed by atoms with van der Waals surface area (Å²) < 4.78 is 0. The van der Waals surface area contributed by atoms with Gasteiger partial charge in [-0.2, -0.15) is 0 Å². The van der Waals surface area contributed by atoms with Gasteiger partial charge in [-0.25, -0.2) is 0 Å². The Labute approximate surface area is 134 Å². The molecule has 2 fully saturated rings. The zero-order chi connectivity index (χ0) is 16.0. The van der Waals surface area contributed by atoms with E-state index in [9.17, 15) is 9.59 Å². The highest BCUT2D eigenvalue weighted by Crippen LogP contribution is 2.41. The number of nitrogens with one attached hydrogen (secondary N) is 2. The predicted molar refractivity (Wildman–Crippen MR) is 89.4 cm³/mol. The summed E-state index contributed by atoms with van der Waals surface area (Å²) in [6.45, 7) is 0. The van der Waals surface area contributed by atoms with Crippen LogP contribution in [0, 0.1) is 0 Å². The Bertz CT molecular complexity index is 824. The van der Waals surface area contributed by atoms with Crippen molar-refractivity contribution < 1.29 is 4.79 Å². The molecule has 5 heteroatoms. The van der Waals surface area contributed by atoms with Crippen molar-refractivity contribution in [2.75, 3.05) is 7.05 Å². The fraction of sp³-hybridized carbons (Fsp3) is 0.444. The molecular weight excluding hydrogens is 290 g/mol. The Morgan fingerprint density at radius 3 is 3.00 bits per heavy atom. The van der Waals surface area contributed by atoms with Crippen LogP contribution < -0.4 is 10.9 Å². The first-order valence-electron chi connectivity index (χ1n) is 8.27. The molecule has 1 amide bonds. The van der Waals surface area contributed by atoms with Crippen molar-refractivity contribution in [3.05, 3.63) is 46.2 Å². The Morgan fingerprint density at radius 2 is 2.13 bits per heavy atom. The Kier molecular flexibility index (Phi) is 3.27. The minimum Gasteiger partial charge on any atom is -0.334 e. The average molecular weight is 311 g/mol. The molecule has 0 saturated carbocycles. The molecule has 2 atom stereocenters. The lowest BCUT2D eigenvalue weighted by atomic mass is 9.97. The van der Waals surface area contributed by atoms with Crippen LogP contribution in [0.4, 0.5) is 0 Å². The van der Waals surface area contributed by atoms with Crippen LogP contribution in [0.15, 0.2) is 35.1 Å². The lowest BCUT2D eigenvalue weighted by Crippen LogP contribution is -2.59. The van der Waals surface area contributed by atoms with Gasteiger partial charge in [0.1, 0.15) is 5.56 Å². The van der Waals surface area contributed by atoms with E-state index in [4.69, 9.17) is 0 Å². The smallest absolute Gasteiger partial charge is 0.261 e. The van der Waals surface area contributed by atoms with E-state index < -0.39 is 0 Å². The second kappa shape index (κ2) is 5.20. The third-order valence-corrected chi connectivity index (χ3v) is 5.59. The quantitative estimate of drug-likeness (QED) is 0.894. The maximum absolute atomic E-state index is 12.7. The molecule has 2 aliphatic heterocycles. The third kappa shape index (κ3) is 2.27. The van der Waals surface area contributed by atoms with Gasteiger partial charge in [-0.3, -0.25) is 14.5 Å². The second-order valence-corrected chi connectivity index (χ2v) is 6.78. The Morgan fingerprint density at radius 1 is 1.30 bits per heavy atom. The first-order chi connectivity index (χ1) is 11.1. The minimum absolute atomic E-state index is 0.195. The SMILES string of the molecule is CN1[C@@H]2CCC[C@@]1(NC(=O)c1cc3ccccc3[nH]c1=O)CC2. The number of pyridine rings is 1. The summed E-state index contributed by atoms with van der Waals surface area (Å²) >= 11 is 0. The summed E-state index contributed by atoms with van der Waals surface area (Å²) in [6.07, 6.45) is 5.36. The molecule has 2 N–H and O–H groups in total. The lowest BCUT2D eigenvalue weighted by molar-refractivity contribution is 0.0436. The average Bonchev–Trinajstić information content (AvgIpc) is 2.73. The van der Waals surface area contributed by atoms with Gasteiger partial charge in [-0.05, 0) is 56.7 Å². The standard InChI is InChI=1S/C18H21N3O2/c1-21-13-6-4-9-18(21,10-8-13)20-17(23)14-11-12-5-2-3-7-15(12)19-16(14)22/h2-3,5,7,11,13H,4,6,8-10H2,1H3,(H,19,22)(H,20,23)/t13-,18+/m1/s1. The highest BCUT2D eigenvalue weighted by Gasteiger charge is 2.47. The van der Waals surface area contributed by atoms with E-state index in [1.807, 2.05) is 24.3 Å². The van der Waals surface area contributed by atoms with Crippen molar-refractivity contribution in [2.45, 2.75) is 43.8 Å². The summed E-state index contributed by atoms with van der Waals surface area (Å²) in [5, 5.41) is 4.03. The molecule has 2 bridgehead atoms. The Hall–Kier alpha value is -2.14. The van der Waals surface area contributed by atoms with E-state index in [1.54, 1.807) is 6.07 Å². The number of para-hydroxylation sites is 1. The monoisotopic (exact) mass is 311 g/mol. The molecule has 5 nitrogen and oxygen atoms in total. The van der Waals surface area contributed by atoms with Gasteiger partial charge >= 0.3 is 0 Å². The van der Waals surface area contributed by atoms with E-state index in [2.05, 4.69) is 22.2 Å². The molecule has 0 aliphatic carbocycles. The molecule has 0 radical (unpaired) electrons. The van der Waals surface area contributed by atoms with Crippen molar-refractivity contribution in [1.82, 2.24) is 15.2 Å². The normalized spacial score (nSPS) is 27.3. The third-order valence-electron chi connectivity index (χ3n) is 5.59. The summed E-state index contributed by atoms with van der Waals surface area (Å²) in [7, 11) is 2.09. The number of fused-ring (bicyclic) bond motifs is 3. The molecule has 120 valence electrons. The number of nitrogens with zero attached hydrogens (tertiary/aromatic N) is 1. The number of benzene rings is 1. The maximum atomic E-state index is 12.7. The second-order valence-electron chi connectivity index (χ2n) is 6.78. The number of piperidine rings is 1. The summed E-state index contributed by atoms with van der Waals surface area (Å²) in [5.74, 6) is -0.272. The zero-order valence-corrected chi connectivity index (χ0v) is 13.3. The van der Waals surface area contributed by atoms with Crippen molar-refractivity contribution in [3.8, 4) is 0 Å². The minimum atomic E-state index is -0.328.